The van der Waals surface area contributed by atoms with Gasteiger partial charge in [-0.2, -0.15) is 0 Å². The average Bonchev–Trinajstić information content (AvgIpc) is 2.30. The first-order chi connectivity index (χ1) is 8.16. The molecule has 3 N–H and O–H groups in total. The topological polar surface area (TPSA) is 68.3 Å². The second kappa shape index (κ2) is 6.98. The summed E-state index contributed by atoms with van der Waals surface area (Å²) in [6.45, 7) is 3.59. The van der Waals surface area contributed by atoms with Crippen LogP contribution >= 0.6 is 0 Å². The van der Waals surface area contributed by atoms with E-state index in [1.54, 1.807) is 12.1 Å². The van der Waals surface area contributed by atoms with E-state index in [-0.39, 0.29) is 18.0 Å². The summed E-state index contributed by atoms with van der Waals surface area (Å²) in [5, 5.41) is 7.22. The van der Waals surface area contributed by atoms with E-state index < -0.39 is 5.82 Å². The van der Waals surface area contributed by atoms with E-state index in [0.29, 0.717) is 25.4 Å². The lowest BCUT2D eigenvalue weighted by Gasteiger charge is -2.08. The lowest BCUT2D eigenvalue weighted by molar-refractivity contribution is 0.0443. The molecule has 1 aromatic rings. The van der Waals surface area contributed by atoms with Gasteiger partial charge in [0.2, 0.25) is 0 Å². The number of amidine groups is 1. The van der Waals surface area contributed by atoms with Gasteiger partial charge in [0.15, 0.2) is 0 Å². The Morgan fingerprint density at radius 2 is 2.06 bits per heavy atom. The molecule has 0 aliphatic heterocycles. The van der Waals surface area contributed by atoms with Crippen molar-refractivity contribution in [2.24, 2.45) is 5.73 Å². The molecule has 0 saturated carbocycles. The first kappa shape index (κ1) is 13.6. The van der Waals surface area contributed by atoms with E-state index in [2.05, 4.69) is 0 Å². The van der Waals surface area contributed by atoms with E-state index in [1.807, 2.05) is 6.92 Å². The molecule has 0 bridgehead atoms. The van der Waals surface area contributed by atoms with Crippen LogP contribution in [0.2, 0.25) is 0 Å². The molecule has 0 fully saturated rings. The summed E-state index contributed by atoms with van der Waals surface area (Å²) in [6.07, 6.45) is 0. The quantitative estimate of drug-likeness (QED) is 0.432. The van der Waals surface area contributed by atoms with Gasteiger partial charge in [0.25, 0.3) is 0 Å². The van der Waals surface area contributed by atoms with Crippen LogP contribution in [0.25, 0.3) is 0 Å². The van der Waals surface area contributed by atoms with Gasteiger partial charge in [-0.1, -0.05) is 12.1 Å². The van der Waals surface area contributed by atoms with Crippen molar-refractivity contribution in [3.05, 3.63) is 35.1 Å². The van der Waals surface area contributed by atoms with Crippen LogP contribution in [0, 0.1) is 11.2 Å². The monoisotopic (exact) mass is 240 g/mol. The Kier molecular flexibility index (Phi) is 5.59. The zero-order chi connectivity index (χ0) is 12.7. The largest absolute Gasteiger partial charge is 0.384 e. The molecular formula is C12H17FN2O2. The fourth-order valence-electron chi connectivity index (χ4n) is 1.34. The Morgan fingerprint density at radius 1 is 1.35 bits per heavy atom. The Bertz CT molecular complexity index is 383. The fraction of sp³-hybridized carbons (Fsp3) is 0.417. The van der Waals surface area contributed by atoms with Crippen LogP contribution in [0.3, 0.4) is 0 Å². The van der Waals surface area contributed by atoms with E-state index in [4.69, 9.17) is 20.6 Å². The standard InChI is InChI=1S/C12H17FN2O2/c1-2-16-6-7-17-8-9-4-3-5-10(11(9)13)12(14)15/h3-5H,2,6-8H2,1H3,(H3,14,15). The summed E-state index contributed by atoms with van der Waals surface area (Å²) < 4.78 is 24.1. The number of nitrogens with one attached hydrogen (secondary N) is 1. The zero-order valence-corrected chi connectivity index (χ0v) is 9.83. The zero-order valence-electron chi connectivity index (χ0n) is 9.83. The Hall–Kier alpha value is -1.46. The number of halogens is 1. The van der Waals surface area contributed by atoms with Gasteiger partial charge >= 0.3 is 0 Å². The maximum atomic E-state index is 13.8. The number of ether oxygens (including phenoxy) is 2. The van der Waals surface area contributed by atoms with Crippen molar-refractivity contribution in [2.75, 3.05) is 19.8 Å². The minimum Gasteiger partial charge on any atom is -0.384 e. The highest BCUT2D eigenvalue weighted by atomic mass is 19.1. The van der Waals surface area contributed by atoms with Crippen molar-refractivity contribution in [1.29, 1.82) is 5.41 Å². The summed E-state index contributed by atoms with van der Waals surface area (Å²) in [4.78, 5) is 0. The Balaban J connectivity index is 2.54. The summed E-state index contributed by atoms with van der Waals surface area (Å²) in [5.74, 6) is -0.768. The van der Waals surface area contributed by atoms with E-state index in [1.165, 1.54) is 6.07 Å². The first-order valence-corrected chi connectivity index (χ1v) is 5.44. The summed E-state index contributed by atoms with van der Waals surface area (Å²) in [5.41, 5.74) is 5.77. The third-order valence-electron chi connectivity index (χ3n) is 2.20. The molecule has 0 heterocycles. The van der Waals surface area contributed by atoms with Crippen molar-refractivity contribution >= 4 is 5.84 Å². The lowest BCUT2D eigenvalue weighted by Crippen LogP contribution is -2.14. The van der Waals surface area contributed by atoms with E-state index >= 15 is 0 Å². The average molecular weight is 240 g/mol. The van der Waals surface area contributed by atoms with Gasteiger partial charge in [0, 0.05) is 12.2 Å². The van der Waals surface area contributed by atoms with Crippen LogP contribution in [0.1, 0.15) is 18.1 Å². The van der Waals surface area contributed by atoms with Crippen molar-refractivity contribution < 1.29 is 13.9 Å². The molecule has 17 heavy (non-hydrogen) atoms. The second-order valence-electron chi connectivity index (χ2n) is 3.44. The van der Waals surface area contributed by atoms with Crippen molar-refractivity contribution in [2.45, 2.75) is 13.5 Å². The molecule has 5 heteroatoms. The number of nitrogens with two attached hydrogens (primary N) is 1. The molecule has 0 aliphatic rings. The Labute approximate surface area is 100 Å². The molecule has 4 nitrogen and oxygen atoms in total. The number of rotatable bonds is 7. The third kappa shape index (κ3) is 4.13. The van der Waals surface area contributed by atoms with Crippen LogP contribution in [0.15, 0.2) is 18.2 Å². The van der Waals surface area contributed by atoms with Gasteiger partial charge in [-0.15, -0.1) is 0 Å². The highest BCUT2D eigenvalue weighted by molar-refractivity contribution is 5.95. The lowest BCUT2D eigenvalue weighted by atomic mass is 10.1. The van der Waals surface area contributed by atoms with Gasteiger partial charge in [-0.05, 0) is 13.0 Å². The molecule has 0 amide bonds. The maximum Gasteiger partial charge on any atom is 0.139 e. The number of nitrogen functional groups attached to an aromatic ring is 1. The maximum absolute atomic E-state index is 13.8. The normalized spacial score (nSPS) is 10.5. The second-order valence-corrected chi connectivity index (χ2v) is 3.44. The van der Waals surface area contributed by atoms with Crippen molar-refractivity contribution in [3.63, 3.8) is 0 Å². The number of benzene rings is 1. The minimum atomic E-state index is -0.489. The molecule has 0 saturated heterocycles. The smallest absolute Gasteiger partial charge is 0.139 e. The van der Waals surface area contributed by atoms with Crippen LogP contribution in [-0.4, -0.2) is 25.7 Å². The van der Waals surface area contributed by atoms with E-state index in [0.717, 1.165) is 0 Å². The fourth-order valence-corrected chi connectivity index (χ4v) is 1.34. The van der Waals surface area contributed by atoms with Crippen LogP contribution < -0.4 is 5.73 Å². The van der Waals surface area contributed by atoms with Gasteiger partial charge in [-0.3, -0.25) is 5.41 Å². The molecule has 0 radical (unpaired) electrons. The van der Waals surface area contributed by atoms with E-state index in [9.17, 15) is 4.39 Å². The molecular weight excluding hydrogens is 223 g/mol. The molecule has 0 unspecified atom stereocenters. The Morgan fingerprint density at radius 3 is 2.71 bits per heavy atom. The summed E-state index contributed by atoms with van der Waals surface area (Å²) >= 11 is 0. The molecule has 1 rings (SSSR count). The molecule has 0 atom stereocenters. The highest BCUT2D eigenvalue weighted by Crippen LogP contribution is 2.13. The third-order valence-corrected chi connectivity index (χ3v) is 2.20. The predicted octanol–water partition coefficient (Wildman–Crippen LogP) is 1.66. The molecule has 94 valence electrons. The van der Waals surface area contributed by atoms with Crippen LogP contribution in [-0.2, 0) is 16.1 Å². The van der Waals surface area contributed by atoms with Crippen molar-refractivity contribution in [1.82, 2.24) is 0 Å². The molecule has 0 aliphatic carbocycles. The number of hydrogen-bond donors (Lipinski definition) is 2. The highest BCUT2D eigenvalue weighted by Gasteiger charge is 2.09. The molecule has 0 spiro atoms. The minimum absolute atomic E-state index is 0.107. The number of hydrogen-bond acceptors (Lipinski definition) is 3. The first-order valence-electron chi connectivity index (χ1n) is 5.44. The molecule has 1 aromatic carbocycles. The molecule has 0 aromatic heterocycles. The van der Waals surface area contributed by atoms with Gasteiger partial charge < -0.3 is 15.2 Å². The van der Waals surface area contributed by atoms with Gasteiger partial charge in [0.05, 0.1) is 25.4 Å². The van der Waals surface area contributed by atoms with Crippen molar-refractivity contribution in [3.8, 4) is 0 Å². The van der Waals surface area contributed by atoms with Gasteiger partial charge in [0.1, 0.15) is 11.7 Å². The summed E-state index contributed by atoms with van der Waals surface area (Å²) in [6, 6.07) is 4.74. The predicted molar refractivity (Wildman–Crippen MR) is 63.6 cm³/mol. The van der Waals surface area contributed by atoms with Gasteiger partial charge in [-0.25, -0.2) is 4.39 Å². The summed E-state index contributed by atoms with van der Waals surface area (Å²) in [7, 11) is 0. The van der Waals surface area contributed by atoms with Crippen LogP contribution in [0.5, 0.6) is 0 Å². The van der Waals surface area contributed by atoms with Crippen LogP contribution in [0.4, 0.5) is 4.39 Å². The SMILES string of the molecule is CCOCCOCc1cccc(C(=N)N)c1F.